The van der Waals surface area contributed by atoms with Gasteiger partial charge in [0.15, 0.2) is 6.61 Å². The summed E-state index contributed by atoms with van der Waals surface area (Å²) in [7, 11) is 0. The lowest BCUT2D eigenvalue weighted by Crippen LogP contribution is -2.18. The molecular weight excluding hydrogens is 332 g/mol. The van der Waals surface area contributed by atoms with Crippen molar-refractivity contribution in [3.8, 4) is 16.9 Å². The second-order valence-corrected chi connectivity index (χ2v) is 6.24. The lowest BCUT2D eigenvalue weighted by atomic mass is 10.00. The average Bonchev–Trinajstić information content (AvgIpc) is 2.60. The largest absolute Gasteiger partial charge is 0.482 e. The topological polar surface area (TPSA) is 65.7 Å². The fourth-order valence-corrected chi connectivity index (χ4v) is 2.80. The molecule has 0 aliphatic heterocycles. The summed E-state index contributed by atoms with van der Waals surface area (Å²) in [4.78, 5) is 24.1. The van der Waals surface area contributed by atoms with Gasteiger partial charge in [-0.15, -0.1) is 0 Å². The minimum Gasteiger partial charge on any atom is -0.482 e. The summed E-state index contributed by atoms with van der Waals surface area (Å²) in [5.74, 6) is -0.00891. The van der Waals surface area contributed by atoms with Crippen LogP contribution in [0, 0.1) is 6.92 Å². The van der Waals surface area contributed by atoms with Gasteiger partial charge in [0.25, 0.3) is 0 Å². The molecule has 1 heterocycles. The molecule has 26 heavy (non-hydrogen) atoms. The van der Waals surface area contributed by atoms with E-state index in [1.165, 1.54) is 0 Å². The molecule has 0 saturated carbocycles. The van der Waals surface area contributed by atoms with E-state index in [1.54, 1.807) is 26.0 Å². The Balaban J connectivity index is 1.92. The monoisotopic (exact) mass is 352 g/mol. The molecule has 0 fully saturated rings. The number of ether oxygens (including phenoxy) is 2. The first-order valence-corrected chi connectivity index (χ1v) is 8.41. The normalized spacial score (nSPS) is 10.9. The van der Waals surface area contributed by atoms with Gasteiger partial charge >= 0.3 is 11.6 Å². The molecule has 3 aromatic rings. The summed E-state index contributed by atoms with van der Waals surface area (Å²) >= 11 is 0. The van der Waals surface area contributed by atoms with Gasteiger partial charge in [-0.05, 0) is 44.0 Å². The highest BCUT2D eigenvalue weighted by Crippen LogP contribution is 2.28. The Morgan fingerprint density at radius 1 is 1.12 bits per heavy atom. The van der Waals surface area contributed by atoms with Gasteiger partial charge in [-0.3, -0.25) is 0 Å². The summed E-state index contributed by atoms with van der Waals surface area (Å²) < 4.78 is 15.9. The second-order valence-electron chi connectivity index (χ2n) is 6.24. The number of fused-ring (bicyclic) bond motifs is 1. The van der Waals surface area contributed by atoms with E-state index in [2.05, 4.69) is 0 Å². The van der Waals surface area contributed by atoms with Gasteiger partial charge in [0.2, 0.25) is 0 Å². The highest BCUT2D eigenvalue weighted by atomic mass is 16.6. The van der Waals surface area contributed by atoms with E-state index in [1.807, 2.05) is 43.3 Å². The molecule has 0 unspecified atom stereocenters. The van der Waals surface area contributed by atoms with Crippen LogP contribution in [0.4, 0.5) is 0 Å². The Morgan fingerprint density at radius 2 is 1.85 bits per heavy atom. The van der Waals surface area contributed by atoms with Crippen LogP contribution in [0.25, 0.3) is 22.1 Å². The fraction of sp³-hybridized carbons (Fsp3) is 0.238. The minimum absolute atomic E-state index is 0.195. The van der Waals surface area contributed by atoms with Gasteiger partial charge in [0, 0.05) is 11.5 Å². The number of carbonyl (C=O) groups excluding carboxylic acids is 1. The maximum Gasteiger partial charge on any atom is 0.344 e. The third-order valence-corrected chi connectivity index (χ3v) is 3.93. The van der Waals surface area contributed by atoms with Crippen LogP contribution in [0.3, 0.4) is 0 Å². The van der Waals surface area contributed by atoms with Crippen LogP contribution >= 0.6 is 0 Å². The molecule has 5 heteroatoms. The van der Waals surface area contributed by atoms with Crippen molar-refractivity contribution in [1.29, 1.82) is 0 Å². The first kappa shape index (κ1) is 17.7. The molecule has 0 amide bonds. The maximum absolute atomic E-state index is 12.5. The Labute approximate surface area is 151 Å². The van der Waals surface area contributed by atoms with Crippen molar-refractivity contribution >= 4 is 16.9 Å². The minimum atomic E-state index is -0.447. The Kier molecular flexibility index (Phi) is 5.07. The molecule has 0 aliphatic rings. The highest BCUT2D eigenvalue weighted by molar-refractivity contribution is 5.87. The molecule has 0 aliphatic carbocycles. The third-order valence-electron chi connectivity index (χ3n) is 3.93. The van der Waals surface area contributed by atoms with Crippen LogP contribution in [0.15, 0.2) is 57.7 Å². The van der Waals surface area contributed by atoms with E-state index in [0.717, 1.165) is 16.5 Å². The number of hydrogen-bond acceptors (Lipinski definition) is 5. The molecule has 0 N–H and O–H groups in total. The van der Waals surface area contributed by atoms with Crippen molar-refractivity contribution in [2.45, 2.75) is 26.9 Å². The molecule has 0 saturated heterocycles. The average molecular weight is 352 g/mol. The zero-order valence-electron chi connectivity index (χ0n) is 14.9. The highest BCUT2D eigenvalue weighted by Gasteiger charge is 2.14. The molecule has 134 valence electrons. The summed E-state index contributed by atoms with van der Waals surface area (Å²) in [6, 6.07) is 14.6. The van der Waals surface area contributed by atoms with E-state index in [9.17, 15) is 9.59 Å². The standard InChI is InChI=1S/C21H20O5/c1-13(2)25-19(22)12-24-16-9-10-17-14(3)20(15-7-5-4-6-8-15)21(23)26-18(17)11-16/h4-11,13H,12H2,1-3H3. The number of carbonyl (C=O) groups is 1. The molecule has 3 rings (SSSR count). The summed E-state index contributed by atoms with van der Waals surface area (Å²) in [5, 5.41) is 0.820. The molecule has 1 aromatic heterocycles. The second kappa shape index (κ2) is 7.44. The van der Waals surface area contributed by atoms with Gasteiger partial charge in [-0.2, -0.15) is 0 Å². The predicted octanol–water partition coefficient (Wildman–Crippen LogP) is 4.10. The number of esters is 1. The number of aryl methyl sites for hydroxylation is 1. The van der Waals surface area contributed by atoms with Crippen molar-refractivity contribution in [3.63, 3.8) is 0 Å². The van der Waals surface area contributed by atoms with Crippen LogP contribution in [0.1, 0.15) is 19.4 Å². The molecule has 5 nitrogen and oxygen atoms in total. The van der Waals surface area contributed by atoms with Gasteiger partial charge in [0.1, 0.15) is 11.3 Å². The Morgan fingerprint density at radius 3 is 2.54 bits per heavy atom. The van der Waals surface area contributed by atoms with Gasteiger partial charge < -0.3 is 13.9 Å². The summed E-state index contributed by atoms with van der Waals surface area (Å²) in [6.07, 6.45) is -0.195. The zero-order valence-corrected chi connectivity index (χ0v) is 14.9. The molecule has 0 atom stereocenters. The zero-order chi connectivity index (χ0) is 18.7. The fourth-order valence-electron chi connectivity index (χ4n) is 2.80. The van der Waals surface area contributed by atoms with Crippen LogP contribution in [-0.2, 0) is 9.53 Å². The summed E-state index contributed by atoms with van der Waals surface area (Å²) in [5.41, 5.74) is 2.22. The Hall–Kier alpha value is -3.08. The molecule has 2 aromatic carbocycles. The van der Waals surface area contributed by atoms with Crippen LogP contribution in [0.5, 0.6) is 5.75 Å². The van der Waals surface area contributed by atoms with E-state index < -0.39 is 11.6 Å². The predicted molar refractivity (Wildman–Crippen MR) is 99.4 cm³/mol. The molecule has 0 bridgehead atoms. The SMILES string of the molecule is Cc1c(-c2ccccc2)c(=O)oc2cc(OCC(=O)OC(C)C)ccc12. The van der Waals surface area contributed by atoms with Crippen molar-refractivity contribution in [3.05, 3.63) is 64.5 Å². The lowest BCUT2D eigenvalue weighted by Gasteiger charge is -2.11. The van der Waals surface area contributed by atoms with Gasteiger partial charge in [-0.25, -0.2) is 9.59 Å². The quantitative estimate of drug-likeness (QED) is 0.511. The summed E-state index contributed by atoms with van der Waals surface area (Å²) in [6.45, 7) is 5.24. The van der Waals surface area contributed by atoms with E-state index in [4.69, 9.17) is 13.9 Å². The van der Waals surface area contributed by atoms with E-state index >= 15 is 0 Å². The molecule has 0 radical (unpaired) electrons. The maximum atomic E-state index is 12.5. The number of hydrogen-bond donors (Lipinski definition) is 0. The van der Waals surface area contributed by atoms with Gasteiger partial charge in [-0.1, -0.05) is 30.3 Å². The first-order chi connectivity index (χ1) is 12.5. The van der Waals surface area contributed by atoms with Crippen LogP contribution in [-0.4, -0.2) is 18.7 Å². The van der Waals surface area contributed by atoms with Crippen LogP contribution in [0.2, 0.25) is 0 Å². The van der Waals surface area contributed by atoms with E-state index in [0.29, 0.717) is 16.9 Å². The van der Waals surface area contributed by atoms with Crippen molar-refractivity contribution in [1.82, 2.24) is 0 Å². The third kappa shape index (κ3) is 3.77. The smallest absolute Gasteiger partial charge is 0.344 e. The molecule has 0 spiro atoms. The first-order valence-electron chi connectivity index (χ1n) is 8.41. The van der Waals surface area contributed by atoms with E-state index in [-0.39, 0.29) is 12.7 Å². The van der Waals surface area contributed by atoms with Crippen LogP contribution < -0.4 is 10.4 Å². The van der Waals surface area contributed by atoms with Crippen molar-refractivity contribution in [2.75, 3.05) is 6.61 Å². The van der Waals surface area contributed by atoms with Gasteiger partial charge in [0.05, 0.1) is 11.7 Å². The number of rotatable bonds is 5. The van der Waals surface area contributed by atoms with Crippen molar-refractivity contribution < 1.29 is 18.7 Å². The molecular formula is C21H20O5. The van der Waals surface area contributed by atoms with Crippen molar-refractivity contribution in [2.24, 2.45) is 0 Å². The number of benzene rings is 2. The Bertz CT molecular complexity index is 986. The lowest BCUT2D eigenvalue weighted by molar-refractivity contribution is -0.149.